The molecule has 1 N–H and O–H groups in total. The van der Waals surface area contributed by atoms with Gasteiger partial charge in [0.2, 0.25) is 11.8 Å². The highest BCUT2D eigenvalue weighted by molar-refractivity contribution is 7.92. The van der Waals surface area contributed by atoms with Gasteiger partial charge in [-0.25, -0.2) is 8.42 Å². The van der Waals surface area contributed by atoms with Gasteiger partial charge in [-0.3, -0.25) is 13.9 Å². The van der Waals surface area contributed by atoms with Crippen LogP contribution in [0, 0.1) is 6.92 Å². The second kappa shape index (κ2) is 15.2. The molecule has 4 aromatic rings. The van der Waals surface area contributed by atoms with Crippen LogP contribution < -0.4 is 9.62 Å². The van der Waals surface area contributed by atoms with Gasteiger partial charge in [-0.15, -0.1) is 0 Å². The van der Waals surface area contributed by atoms with Crippen molar-refractivity contribution in [2.75, 3.05) is 17.4 Å². The van der Waals surface area contributed by atoms with Crippen molar-refractivity contribution in [2.45, 2.75) is 43.9 Å². The summed E-state index contributed by atoms with van der Waals surface area (Å²) < 4.78 is 70.0. The Morgan fingerprint density at radius 1 is 0.851 bits per heavy atom. The number of benzene rings is 4. The molecule has 248 valence electrons. The van der Waals surface area contributed by atoms with Crippen molar-refractivity contribution >= 4 is 50.7 Å². The summed E-state index contributed by atoms with van der Waals surface area (Å²) in [6.07, 6.45) is -4.72. The molecule has 0 saturated carbocycles. The molecule has 0 fully saturated rings. The molecule has 0 radical (unpaired) electrons. The zero-order valence-electron chi connectivity index (χ0n) is 25.5. The van der Waals surface area contributed by atoms with E-state index in [9.17, 15) is 31.2 Å². The van der Waals surface area contributed by atoms with Crippen molar-refractivity contribution in [1.82, 2.24) is 10.2 Å². The molecule has 4 rings (SSSR count). The molecule has 4 aromatic carbocycles. The maximum absolute atomic E-state index is 14.4. The molecule has 1 unspecified atom stereocenters. The molecule has 13 heteroatoms. The summed E-state index contributed by atoms with van der Waals surface area (Å²) in [5, 5.41) is 3.20. The van der Waals surface area contributed by atoms with Gasteiger partial charge in [0, 0.05) is 19.5 Å². The van der Waals surface area contributed by atoms with Crippen LogP contribution in [0.15, 0.2) is 102 Å². The number of anilines is 1. The molecule has 0 saturated heterocycles. The standard InChI is InChI=1S/C34H32Cl2F3N3O4S/c1-3-40-33(44)31(19-24-8-5-4-6-9-24)41(21-25-14-17-29(35)30(36)18-25)32(43)22-42(27-11-7-10-26(20-27)34(37,38)39)47(45,46)28-15-12-23(2)13-16-28/h4-18,20,31H,3,19,21-22H2,1-2H3,(H,40,44). The monoisotopic (exact) mass is 705 g/mol. The number of amides is 2. The number of alkyl halides is 3. The van der Waals surface area contributed by atoms with E-state index in [1.165, 1.54) is 35.2 Å². The fourth-order valence-corrected chi connectivity index (χ4v) is 6.61. The number of hydrogen-bond acceptors (Lipinski definition) is 4. The van der Waals surface area contributed by atoms with E-state index in [0.717, 1.165) is 23.3 Å². The molecule has 0 bridgehead atoms. The number of carbonyl (C=O) groups is 2. The van der Waals surface area contributed by atoms with Gasteiger partial charge in [0.15, 0.2) is 0 Å². The zero-order chi connectivity index (χ0) is 34.4. The highest BCUT2D eigenvalue weighted by Gasteiger charge is 2.36. The number of carbonyl (C=O) groups excluding carboxylic acids is 2. The van der Waals surface area contributed by atoms with Crippen LogP contribution in [-0.4, -0.2) is 44.3 Å². The quantitative estimate of drug-likeness (QED) is 0.168. The number of hydrogen-bond donors (Lipinski definition) is 1. The summed E-state index contributed by atoms with van der Waals surface area (Å²) >= 11 is 12.4. The van der Waals surface area contributed by atoms with Crippen LogP contribution in [0.1, 0.15) is 29.2 Å². The van der Waals surface area contributed by atoms with Gasteiger partial charge in [0.25, 0.3) is 10.0 Å². The molecular weight excluding hydrogens is 674 g/mol. The van der Waals surface area contributed by atoms with Gasteiger partial charge in [-0.2, -0.15) is 13.2 Å². The third-order valence-corrected chi connectivity index (χ3v) is 9.84. The summed E-state index contributed by atoms with van der Waals surface area (Å²) in [5.74, 6) is -1.34. The van der Waals surface area contributed by atoms with Crippen LogP contribution >= 0.6 is 23.2 Å². The molecule has 1 atom stereocenters. The summed E-state index contributed by atoms with van der Waals surface area (Å²) in [6.45, 7) is 2.61. The lowest BCUT2D eigenvalue weighted by atomic mass is 10.0. The minimum Gasteiger partial charge on any atom is -0.355 e. The molecule has 0 heterocycles. The highest BCUT2D eigenvalue weighted by atomic mass is 35.5. The molecule has 2 amide bonds. The second-order valence-electron chi connectivity index (χ2n) is 10.7. The van der Waals surface area contributed by atoms with Crippen molar-refractivity contribution in [3.63, 3.8) is 0 Å². The first-order chi connectivity index (χ1) is 22.2. The fraction of sp³-hybridized carbons (Fsp3) is 0.235. The van der Waals surface area contributed by atoms with Crippen molar-refractivity contribution in [3.8, 4) is 0 Å². The van der Waals surface area contributed by atoms with E-state index >= 15 is 0 Å². The Kier molecular flexibility index (Phi) is 11.6. The zero-order valence-corrected chi connectivity index (χ0v) is 27.8. The summed E-state index contributed by atoms with van der Waals surface area (Å²) in [6, 6.07) is 21.9. The SMILES string of the molecule is CCNC(=O)C(Cc1ccccc1)N(Cc1ccc(Cl)c(Cl)c1)C(=O)CN(c1cccc(C(F)(F)F)c1)S(=O)(=O)c1ccc(C)cc1. The fourth-order valence-electron chi connectivity index (χ4n) is 4.88. The largest absolute Gasteiger partial charge is 0.416 e. The van der Waals surface area contributed by atoms with Crippen LogP contribution in [0.25, 0.3) is 0 Å². The molecule has 0 aliphatic carbocycles. The van der Waals surface area contributed by atoms with Crippen molar-refractivity contribution in [3.05, 3.63) is 129 Å². The van der Waals surface area contributed by atoms with Gasteiger partial charge in [0.05, 0.1) is 26.2 Å². The number of sulfonamides is 1. The maximum Gasteiger partial charge on any atom is 0.416 e. The van der Waals surface area contributed by atoms with Crippen LogP contribution in [0.4, 0.5) is 18.9 Å². The van der Waals surface area contributed by atoms with Crippen molar-refractivity contribution < 1.29 is 31.2 Å². The van der Waals surface area contributed by atoms with Crippen molar-refractivity contribution in [1.29, 1.82) is 0 Å². The third kappa shape index (κ3) is 9.06. The van der Waals surface area contributed by atoms with Crippen LogP contribution in [0.5, 0.6) is 0 Å². The number of halogens is 5. The lowest BCUT2D eigenvalue weighted by Gasteiger charge is -2.34. The third-order valence-electron chi connectivity index (χ3n) is 7.31. The Bertz CT molecular complexity index is 1820. The van der Waals surface area contributed by atoms with Gasteiger partial charge in [0.1, 0.15) is 12.6 Å². The first-order valence-corrected chi connectivity index (χ1v) is 16.7. The second-order valence-corrected chi connectivity index (χ2v) is 13.4. The van der Waals surface area contributed by atoms with Crippen LogP contribution in [0.3, 0.4) is 0 Å². The average molecular weight is 707 g/mol. The Labute approximate surface area is 282 Å². The minimum atomic E-state index is -4.78. The predicted molar refractivity (Wildman–Crippen MR) is 177 cm³/mol. The average Bonchev–Trinajstić information content (AvgIpc) is 3.03. The lowest BCUT2D eigenvalue weighted by Crippen LogP contribution is -2.53. The first-order valence-electron chi connectivity index (χ1n) is 14.5. The molecule has 47 heavy (non-hydrogen) atoms. The number of likely N-dealkylation sites (N-methyl/N-ethyl adjacent to an activating group) is 1. The summed E-state index contributed by atoms with van der Waals surface area (Å²) in [7, 11) is -4.58. The Morgan fingerprint density at radius 2 is 1.53 bits per heavy atom. The van der Waals surface area contributed by atoms with E-state index in [1.54, 1.807) is 62.4 Å². The minimum absolute atomic E-state index is 0.0635. The highest BCUT2D eigenvalue weighted by Crippen LogP contribution is 2.34. The van der Waals surface area contributed by atoms with Gasteiger partial charge in [-0.1, -0.05) is 83.4 Å². The molecule has 0 aromatic heterocycles. The van der Waals surface area contributed by atoms with E-state index in [-0.39, 0.29) is 40.1 Å². The summed E-state index contributed by atoms with van der Waals surface area (Å²) in [5.41, 5.74) is 0.494. The van der Waals surface area contributed by atoms with E-state index in [4.69, 9.17) is 23.2 Å². The van der Waals surface area contributed by atoms with Crippen molar-refractivity contribution in [2.24, 2.45) is 0 Å². The van der Waals surface area contributed by atoms with Gasteiger partial charge >= 0.3 is 6.18 Å². The topological polar surface area (TPSA) is 86.8 Å². The molecule has 0 aliphatic rings. The van der Waals surface area contributed by atoms with E-state index in [0.29, 0.717) is 15.9 Å². The van der Waals surface area contributed by atoms with E-state index < -0.39 is 46.2 Å². The van der Waals surface area contributed by atoms with E-state index in [1.807, 2.05) is 0 Å². The van der Waals surface area contributed by atoms with Gasteiger partial charge in [-0.05, 0) is 67.4 Å². The van der Waals surface area contributed by atoms with Crippen LogP contribution in [0.2, 0.25) is 10.0 Å². The van der Waals surface area contributed by atoms with Crippen LogP contribution in [-0.2, 0) is 38.8 Å². The molecule has 7 nitrogen and oxygen atoms in total. The molecular formula is C34H32Cl2F3N3O4S. The van der Waals surface area contributed by atoms with E-state index in [2.05, 4.69) is 5.32 Å². The van der Waals surface area contributed by atoms with Gasteiger partial charge < -0.3 is 10.2 Å². The summed E-state index contributed by atoms with van der Waals surface area (Å²) in [4.78, 5) is 28.9. The number of rotatable bonds is 12. The molecule has 0 aliphatic heterocycles. The Balaban J connectivity index is 1.85. The Morgan fingerprint density at radius 3 is 2.15 bits per heavy atom. The first kappa shape index (κ1) is 35.8. The maximum atomic E-state index is 14.4. The predicted octanol–water partition coefficient (Wildman–Crippen LogP) is 7.29. The normalized spacial score (nSPS) is 12.3. The lowest BCUT2D eigenvalue weighted by molar-refractivity contribution is -0.140. The number of nitrogens with one attached hydrogen (secondary N) is 1. The number of nitrogens with zero attached hydrogens (tertiary/aromatic N) is 2. The smallest absolute Gasteiger partial charge is 0.355 e. The molecule has 0 spiro atoms. The number of aryl methyl sites for hydroxylation is 1. The Hall–Kier alpha value is -4.06.